The largest absolute Gasteiger partial charge is 0.481 e. The third kappa shape index (κ3) is 4.03. The average molecular weight is 426 g/mol. The molecule has 1 saturated carbocycles. The van der Waals surface area contributed by atoms with E-state index in [4.69, 9.17) is 9.97 Å². The number of aliphatic carboxylic acids is 1. The highest BCUT2D eigenvalue weighted by molar-refractivity contribution is 5.76. The lowest BCUT2D eigenvalue weighted by atomic mass is 9.88. The second-order valence-corrected chi connectivity index (χ2v) is 8.89. The molecule has 1 N–H and O–H groups in total. The van der Waals surface area contributed by atoms with Crippen molar-refractivity contribution >= 4 is 17.1 Å². The summed E-state index contributed by atoms with van der Waals surface area (Å²) in [5.41, 5.74) is 7.34. The number of nitrogens with zero attached hydrogens (tertiary/aromatic N) is 3. The highest BCUT2D eigenvalue weighted by Gasteiger charge is 2.30. The number of benzene rings is 2. The lowest BCUT2D eigenvalue weighted by molar-refractivity contribution is -0.137. The van der Waals surface area contributed by atoms with E-state index in [1.807, 2.05) is 37.3 Å². The Labute approximate surface area is 187 Å². The molecule has 0 bridgehead atoms. The first-order valence-electron chi connectivity index (χ1n) is 11.2. The van der Waals surface area contributed by atoms with E-state index in [-0.39, 0.29) is 12.3 Å². The van der Waals surface area contributed by atoms with E-state index in [1.165, 1.54) is 18.4 Å². The van der Waals surface area contributed by atoms with Crippen molar-refractivity contribution < 1.29 is 9.90 Å². The minimum Gasteiger partial charge on any atom is -0.481 e. The highest BCUT2D eigenvalue weighted by atomic mass is 16.4. The number of carboxylic acids is 1. The van der Waals surface area contributed by atoms with E-state index >= 15 is 0 Å². The molecule has 0 saturated heterocycles. The summed E-state index contributed by atoms with van der Waals surface area (Å²) in [6.07, 6.45) is 2.45. The zero-order valence-corrected chi connectivity index (χ0v) is 18.5. The Morgan fingerprint density at radius 1 is 1.03 bits per heavy atom. The molecule has 0 aliphatic heterocycles. The number of imidazole rings is 1. The van der Waals surface area contributed by atoms with Gasteiger partial charge in [0, 0.05) is 17.5 Å². The maximum Gasteiger partial charge on any atom is 0.304 e. The molecule has 162 valence electrons. The van der Waals surface area contributed by atoms with Gasteiger partial charge < -0.3 is 9.67 Å². The quantitative estimate of drug-likeness (QED) is 0.420. The fourth-order valence-corrected chi connectivity index (χ4v) is 4.56. The number of aromatic nitrogens is 3. The molecule has 0 amide bonds. The van der Waals surface area contributed by atoms with Crippen molar-refractivity contribution in [3.8, 4) is 0 Å². The van der Waals surface area contributed by atoms with Crippen LogP contribution in [-0.4, -0.2) is 25.6 Å². The van der Waals surface area contributed by atoms with Gasteiger partial charge in [-0.2, -0.15) is 0 Å². The topological polar surface area (TPSA) is 68.0 Å². The highest BCUT2D eigenvalue weighted by Crippen LogP contribution is 2.41. The van der Waals surface area contributed by atoms with Crippen LogP contribution in [0.5, 0.6) is 0 Å². The van der Waals surface area contributed by atoms with Crippen LogP contribution in [0.2, 0.25) is 0 Å². The van der Waals surface area contributed by atoms with Gasteiger partial charge >= 0.3 is 5.97 Å². The number of carbonyl (C=O) groups is 1. The first-order chi connectivity index (χ1) is 15.5. The molecule has 2 aromatic carbocycles. The number of pyridine rings is 1. The lowest BCUT2D eigenvalue weighted by Gasteiger charge is -2.17. The molecule has 2 heterocycles. The summed E-state index contributed by atoms with van der Waals surface area (Å²) in [5.74, 6) is 0.712. The molecule has 0 spiro atoms. The second kappa shape index (κ2) is 8.23. The summed E-state index contributed by atoms with van der Waals surface area (Å²) in [5, 5.41) is 9.45. The number of rotatable bonds is 7. The van der Waals surface area contributed by atoms with Gasteiger partial charge in [0.1, 0.15) is 11.3 Å². The standard InChI is InChI=1S/C27H27N3O2/c1-17-14-18(2)28-27-25(17)29-26(22-12-13-22)30(27)16-19-8-10-21(11-9-19)23(15-24(31)32)20-6-4-3-5-7-20/h3-11,14,22-23H,12-13,15-16H2,1-2H3,(H,31,32). The number of fused-ring (bicyclic) bond motifs is 1. The van der Waals surface area contributed by atoms with E-state index in [9.17, 15) is 9.90 Å². The summed E-state index contributed by atoms with van der Waals surface area (Å²) in [4.78, 5) is 21.3. The Balaban J connectivity index is 1.48. The second-order valence-electron chi connectivity index (χ2n) is 8.89. The number of aryl methyl sites for hydroxylation is 2. The van der Waals surface area contributed by atoms with E-state index in [1.54, 1.807) is 0 Å². The Morgan fingerprint density at radius 3 is 2.38 bits per heavy atom. The first kappa shape index (κ1) is 20.4. The minimum atomic E-state index is -0.793. The number of hydrogen-bond acceptors (Lipinski definition) is 3. The van der Waals surface area contributed by atoms with Gasteiger partial charge in [0.15, 0.2) is 5.65 Å². The summed E-state index contributed by atoms with van der Waals surface area (Å²) in [6, 6.07) is 20.3. The van der Waals surface area contributed by atoms with E-state index < -0.39 is 5.97 Å². The fraction of sp³-hybridized carbons (Fsp3) is 0.296. The molecule has 5 heteroatoms. The molecule has 2 aromatic heterocycles. The molecule has 1 aliphatic carbocycles. The SMILES string of the molecule is Cc1cc(C)c2nc(C3CC3)n(Cc3ccc(C(CC(=O)O)c4ccccc4)cc3)c2n1. The maximum absolute atomic E-state index is 11.5. The summed E-state index contributed by atoms with van der Waals surface area (Å²) in [6.45, 7) is 4.85. The monoisotopic (exact) mass is 425 g/mol. The van der Waals surface area contributed by atoms with Crippen molar-refractivity contribution in [3.63, 3.8) is 0 Å². The van der Waals surface area contributed by atoms with Gasteiger partial charge in [-0.3, -0.25) is 4.79 Å². The molecular weight excluding hydrogens is 398 g/mol. The number of carboxylic acid groups (broad SMARTS) is 1. The molecule has 1 unspecified atom stereocenters. The van der Waals surface area contributed by atoms with Gasteiger partial charge in [0.25, 0.3) is 0 Å². The van der Waals surface area contributed by atoms with Gasteiger partial charge in [0.05, 0.1) is 13.0 Å². The Bertz CT molecular complexity index is 1270. The van der Waals surface area contributed by atoms with Crippen LogP contribution in [0.4, 0.5) is 0 Å². The van der Waals surface area contributed by atoms with Crippen LogP contribution < -0.4 is 0 Å². The van der Waals surface area contributed by atoms with Crippen molar-refractivity contribution in [1.29, 1.82) is 0 Å². The van der Waals surface area contributed by atoms with E-state index in [0.29, 0.717) is 12.5 Å². The van der Waals surface area contributed by atoms with Crippen molar-refractivity contribution in [2.75, 3.05) is 0 Å². The van der Waals surface area contributed by atoms with Crippen molar-refractivity contribution in [3.05, 3.63) is 94.4 Å². The van der Waals surface area contributed by atoms with E-state index in [2.05, 4.69) is 41.8 Å². The summed E-state index contributed by atoms with van der Waals surface area (Å²) < 4.78 is 2.27. The Hall–Kier alpha value is -3.47. The molecule has 0 radical (unpaired) electrons. The van der Waals surface area contributed by atoms with Crippen molar-refractivity contribution in [1.82, 2.24) is 14.5 Å². The molecule has 4 aromatic rings. The fourth-order valence-electron chi connectivity index (χ4n) is 4.56. The normalized spacial score (nSPS) is 14.6. The van der Waals surface area contributed by atoms with Crippen LogP contribution in [0.15, 0.2) is 60.7 Å². The summed E-state index contributed by atoms with van der Waals surface area (Å²) in [7, 11) is 0. The third-order valence-corrected chi connectivity index (χ3v) is 6.30. The van der Waals surface area contributed by atoms with Gasteiger partial charge in [-0.25, -0.2) is 9.97 Å². The van der Waals surface area contributed by atoms with Gasteiger partial charge in [-0.15, -0.1) is 0 Å². The molecule has 5 nitrogen and oxygen atoms in total. The zero-order chi connectivity index (χ0) is 22.2. The van der Waals surface area contributed by atoms with Crippen LogP contribution >= 0.6 is 0 Å². The Morgan fingerprint density at radius 2 is 1.72 bits per heavy atom. The molecule has 1 aliphatic rings. The van der Waals surface area contributed by atoms with Gasteiger partial charge in [0.2, 0.25) is 0 Å². The predicted molar refractivity (Wildman–Crippen MR) is 125 cm³/mol. The van der Waals surface area contributed by atoms with Crippen molar-refractivity contribution in [2.45, 2.75) is 51.5 Å². The smallest absolute Gasteiger partial charge is 0.304 e. The molecule has 32 heavy (non-hydrogen) atoms. The first-order valence-corrected chi connectivity index (χ1v) is 11.2. The molecule has 1 fully saturated rings. The molecular formula is C27H27N3O2. The van der Waals surface area contributed by atoms with Crippen LogP contribution in [0.25, 0.3) is 11.2 Å². The van der Waals surface area contributed by atoms with Gasteiger partial charge in [-0.05, 0) is 55.0 Å². The molecule has 1 atom stereocenters. The average Bonchev–Trinajstić information content (AvgIpc) is 3.56. The van der Waals surface area contributed by atoms with Crippen molar-refractivity contribution in [2.24, 2.45) is 0 Å². The van der Waals surface area contributed by atoms with Gasteiger partial charge in [-0.1, -0.05) is 54.6 Å². The van der Waals surface area contributed by atoms with Crippen LogP contribution in [0, 0.1) is 13.8 Å². The van der Waals surface area contributed by atoms with Crippen LogP contribution in [0.3, 0.4) is 0 Å². The minimum absolute atomic E-state index is 0.0732. The molecule has 5 rings (SSSR count). The lowest BCUT2D eigenvalue weighted by Crippen LogP contribution is -2.09. The predicted octanol–water partition coefficient (Wildman–Crippen LogP) is 5.58. The number of hydrogen-bond donors (Lipinski definition) is 1. The third-order valence-electron chi connectivity index (χ3n) is 6.30. The zero-order valence-electron chi connectivity index (χ0n) is 18.5. The van der Waals surface area contributed by atoms with Crippen LogP contribution in [0.1, 0.15) is 64.9 Å². The van der Waals surface area contributed by atoms with E-state index in [0.717, 1.165) is 39.4 Å². The Kier molecular flexibility index (Phi) is 5.25. The van der Waals surface area contributed by atoms with Crippen LogP contribution in [-0.2, 0) is 11.3 Å². The summed E-state index contributed by atoms with van der Waals surface area (Å²) >= 11 is 0. The maximum atomic E-state index is 11.5.